The monoisotopic (exact) mass is 276 g/mol. The summed E-state index contributed by atoms with van der Waals surface area (Å²) in [5.41, 5.74) is 0.811. The Balaban J connectivity index is 2.83. The van der Waals surface area contributed by atoms with Crippen LogP contribution in [0.5, 0.6) is 0 Å². The molecule has 0 amide bonds. The number of halogens is 2. The molecule has 1 atom stereocenters. The molecule has 0 aliphatic heterocycles. The molecule has 0 heterocycles. The summed E-state index contributed by atoms with van der Waals surface area (Å²) in [6.45, 7) is 4.93. The molecule has 0 spiro atoms. The van der Waals surface area contributed by atoms with Crippen molar-refractivity contribution in [3.8, 4) is 0 Å². The van der Waals surface area contributed by atoms with E-state index in [9.17, 15) is 5.11 Å². The lowest BCUT2D eigenvalue weighted by molar-refractivity contribution is -0.914. The predicted molar refractivity (Wildman–Crippen MR) is 73.5 cm³/mol. The van der Waals surface area contributed by atoms with Crippen molar-refractivity contribution in [2.75, 3.05) is 20.6 Å². The summed E-state index contributed by atoms with van der Waals surface area (Å²) in [7, 11) is 4.21. The van der Waals surface area contributed by atoms with Crippen molar-refractivity contribution in [2.45, 2.75) is 26.0 Å². The van der Waals surface area contributed by atoms with E-state index < -0.39 is 6.10 Å². The van der Waals surface area contributed by atoms with Crippen LogP contribution in [0.15, 0.2) is 18.2 Å². The van der Waals surface area contributed by atoms with E-state index in [0.29, 0.717) is 22.6 Å². The molecule has 0 radical (unpaired) electrons. The van der Waals surface area contributed by atoms with E-state index in [2.05, 4.69) is 27.9 Å². The Morgan fingerprint density at radius 2 is 1.76 bits per heavy atom. The highest BCUT2D eigenvalue weighted by Crippen LogP contribution is 2.27. The van der Waals surface area contributed by atoms with Crippen molar-refractivity contribution in [1.29, 1.82) is 0 Å². The molecule has 1 N–H and O–H groups in total. The first kappa shape index (κ1) is 14.8. The summed E-state index contributed by atoms with van der Waals surface area (Å²) < 4.78 is 0.751. The third-order valence-electron chi connectivity index (χ3n) is 3.37. The maximum Gasteiger partial charge on any atom is 0.128 e. The van der Waals surface area contributed by atoms with Crippen molar-refractivity contribution in [1.82, 2.24) is 0 Å². The van der Waals surface area contributed by atoms with E-state index in [1.165, 1.54) is 0 Å². The van der Waals surface area contributed by atoms with E-state index in [1.54, 1.807) is 12.1 Å². The number of nitrogens with zero attached hydrogens (tertiary/aromatic N) is 1. The molecule has 1 aromatic rings. The summed E-state index contributed by atoms with van der Waals surface area (Å²) in [6, 6.07) is 5.72. The van der Waals surface area contributed by atoms with Gasteiger partial charge in [0, 0.05) is 0 Å². The second kappa shape index (κ2) is 5.57. The Labute approximate surface area is 113 Å². The number of likely N-dealkylation sites (N-methyl/N-ethyl adjacent to an activating group) is 1. The van der Waals surface area contributed by atoms with Crippen LogP contribution in [0.2, 0.25) is 10.0 Å². The first-order valence-corrected chi connectivity index (χ1v) is 6.45. The molecule has 1 rings (SSSR count). The molecule has 0 bridgehead atoms. The number of hydrogen-bond acceptors (Lipinski definition) is 1. The molecule has 0 aromatic heterocycles. The molecule has 0 aliphatic rings. The average Bonchev–Trinajstić information content (AvgIpc) is 2.21. The number of rotatable bonds is 4. The van der Waals surface area contributed by atoms with Crippen LogP contribution in [0.1, 0.15) is 25.5 Å². The fourth-order valence-corrected chi connectivity index (χ4v) is 1.79. The van der Waals surface area contributed by atoms with E-state index in [4.69, 9.17) is 23.2 Å². The van der Waals surface area contributed by atoms with Gasteiger partial charge in [0.1, 0.15) is 12.6 Å². The zero-order valence-corrected chi connectivity index (χ0v) is 12.3. The van der Waals surface area contributed by atoms with Crippen LogP contribution in [0.4, 0.5) is 0 Å². The summed E-state index contributed by atoms with van der Waals surface area (Å²) in [4.78, 5) is 0. The van der Waals surface area contributed by atoms with E-state index in [0.717, 1.165) is 10.0 Å². The zero-order chi connectivity index (χ0) is 13.2. The molecule has 1 aromatic carbocycles. The smallest absolute Gasteiger partial charge is 0.128 e. The summed E-state index contributed by atoms with van der Waals surface area (Å²) in [5, 5.41) is 11.2. The van der Waals surface area contributed by atoms with Crippen LogP contribution >= 0.6 is 23.2 Å². The Bertz CT molecular complexity index is 391. The largest absolute Gasteiger partial charge is 0.382 e. The van der Waals surface area contributed by atoms with Gasteiger partial charge in [-0.15, -0.1) is 0 Å². The molecule has 0 saturated heterocycles. The Morgan fingerprint density at radius 1 is 1.18 bits per heavy atom. The third kappa shape index (κ3) is 3.85. The molecule has 17 heavy (non-hydrogen) atoms. The van der Waals surface area contributed by atoms with Gasteiger partial charge in [-0.1, -0.05) is 29.3 Å². The molecular weight excluding hydrogens is 257 g/mol. The Morgan fingerprint density at radius 3 is 2.24 bits per heavy atom. The number of quaternary nitrogens is 1. The lowest BCUT2D eigenvalue weighted by Gasteiger charge is -2.36. The van der Waals surface area contributed by atoms with Crippen molar-refractivity contribution >= 4 is 23.2 Å². The van der Waals surface area contributed by atoms with Crippen molar-refractivity contribution in [2.24, 2.45) is 0 Å². The van der Waals surface area contributed by atoms with Crippen molar-refractivity contribution in [3.63, 3.8) is 0 Å². The number of aliphatic hydroxyl groups excluding tert-OH is 1. The first-order chi connectivity index (χ1) is 7.74. The quantitative estimate of drug-likeness (QED) is 0.835. The summed E-state index contributed by atoms with van der Waals surface area (Å²) in [5.74, 6) is 0. The van der Waals surface area contributed by atoms with Gasteiger partial charge in [-0.2, -0.15) is 0 Å². The van der Waals surface area contributed by atoms with Crippen LogP contribution < -0.4 is 0 Å². The van der Waals surface area contributed by atoms with Gasteiger partial charge in [0.25, 0.3) is 0 Å². The molecule has 96 valence electrons. The average molecular weight is 277 g/mol. The van der Waals surface area contributed by atoms with Gasteiger partial charge in [-0.3, -0.25) is 0 Å². The summed E-state index contributed by atoms with van der Waals surface area (Å²) in [6.07, 6.45) is -0.526. The summed E-state index contributed by atoms with van der Waals surface area (Å²) >= 11 is 11.8. The van der Waals surface area contributed by atoms with Gasteiger partial charge in [0.2, 0.25) is 0 Å². The fourth-order valence-electron chi connectivity index (χ4n) is 1.48. The first-order valence-electron chi connectivity index (χ1n) is 5.69. The standard InChI is InChI=1S/C13H20Cl2NO/c1-9(2)16(3,4)8-13(17)10-5-6-11(14)12(15)7-10/h5-7,9,13,17H,8H2,1-4H3/q+1/t13-/m1/s1. The minimum Gasteiger partial charge on any atom is -0.382 e. The van der Waals surface area contributed by atoms with E-state index in [-0.39, 0.29) is 0 Å². The minimum atomic E-state index is -0.526. The topological polar surface area (TPSA) is 20.2 Å². The highest BCUT2D eigenvalue weighted by atomic mass is 35.5. The van der Waals surface area contributed by atoms with Gasteiger partial charge in [-0.05, 0) is 31.5 Å². The van der Waals surface area contributed by atoms with Crippen LogP contribution in [-0.4, -0.2) is 36.3 Å². The molecule has 4 heteroatoms. The maximum absolute atomic E-state index is 10.2. The molecular formula is C13H20Cl2NO+. The van der Waals surface area contributed by atoms with Crippen LogP contribution in [-0.2, 0) is 0 Å². The lowest BCUT2D eigenvalue weighted by atomic mass is 10.1. The second-order valence-corrected chi connectivity index (χ2v) is 6.06. The molecule has 2 nitrogen and oxygen atoms in total. The normalized spacial score (nSPS) is 14.1. The molecule has 0 unspecified atom stereocenters. The third-order valence-corrected chi connectivity index (χ3v) is 4.11. The molecule has 0 saturated carbocycles. The van der Waals surface area contributed by atoms with Crippen LogP contribution in [0.25, 0.3) is 0 Å². The maximum atomic E-state index is 10.2. The minimum absolute atomic E-state index is 0.451. The van der Waals surface area contributed by atoms with Gasteiger partial charge >= 0.3 is 0 Å². The number of benzene rings is 1. The molecule has 0 aliphatic carbocycles. The molecule has 0 fully saturated rings. The highest BCUT2D eigenvalue weighted by Gasteiger charge is 2.25. The van der Waals surface area contributed by atoms with Gasteiger partial charge < -0.3 is 9.59 Å². The van der Waals surface area contributed by atoms with Gasteiger partial charge in [0.05, 0.1) is 30.2 Å². The Kier molecular flexibility index (Phi) is 4.85. The van der Waals surface area contributed by atoms with E-state index >= 15 is 0 Å². The van der Waals surface area contributed by atoms with Crippen LogP contribution in [0, 0.1) is 0 Å². The lowest BCUT2D eigenvalue weighted by Crippen LogP contribution is -2.48. The fraction of sp³-hybridized carbons (Fsp3) is 0.538. The van der Waals surface area contributed by atoms with E-state index in [1.807, 2.05) is 6.07 Å². The van der Waals surface area contributed by atoms with Gasteiger partial charge in [-0.25, -0.2) is 0 Å². The van der Waals surface area contributed by atoms with Crippen LogP contribution in [0.3, 0.4) is 0 Å². The highest BCUT2D eigenvalue weighted by molar-refractivity contribution is 6.42. The number of hydrogen-bond donors (Lipinski definition) is 1. The number of aliphatic hydroxyl groups is 1. The van der Waals surface area contributed by atoms with Crippen molar-refractivity contribution in [3.05, 3.63) is 33.8 Å². The Hall–Kier alpha value is -0.280. The predicted octanol–water partition coefficient (Wildman–Crippen LogP) is 3.51. The zero-order valence-electron chi connectivity index (χ0n) is 10.7. The van der Waals surface area contributed by atoms with Gasteiger partial charge in [0.15, 0.2) is 0 Å². The SMILES string of the molecule is CC(C)[N+](C)(C)C[C@@H](O)c1ccc(Cl)c(Cl)c1. The van der Waals surface area contributed by atoms with Crippen molar-refractivity contribution < 1.29 is 9.59 Å². The second-order valence-electron chi connectivity index (χ2n) is 5.24.